The van der Waals surface area contributed by atoms with Crippen molar-refractivity contribution < 1.29 is 14.7 Å². The summed E-state index contributed by atoms with van der Waals surface area (Å²) in [5.74, 6) is -1.26. The molecule has 7 nitrogen and oxygen atoms in total. The van der Waals surface area contributed by atoms with Crippen molar-refractivity contribution in [3.8, 4) is 0 Å². The van der Waals surface area contributed by atoms with Crippen LogP contribution < -0.4 is 5.32 Å². The van der Waals surface area contributed by atoms with Gasteiger partial charge in [-0.2, -0.15) is 0 Å². The minimum absolute atomic E-state index is 0.0163. The van der Waals surface area contributed by atoms with Crippen LogP contribution in [0, 0.1) is 5.92 Å². The molecular formula is C12H16N4O3. The van der Waals surface area contributed by atoms with Crippen LogP contribution in [0.5, 0.6) is 0 Å². The Labute approximate surface area is 110 Å². The molecule has 1 amide bonds. The predicted octanol–water partition coefficient (Wildman–Crippen LogP) is -0.643. The molecule has 7 heteroatoms. The van der Waals surface area contributed by atoms with Crippen molar-refractivity contribution in [1.29, 1.82) is 0 Å². The van der Waals surface area contributed by atoms with Crippen molar-refractivity contribution in [3.63, 3.8) is 0 Å². The van der Waals surface area contributed by atoms with Gasteiger partial charge in [-0.15, -0.1) is 0 Å². The fourth-order valence-electron chi connectivity index (χ4n) is 2.73. The fourth-order valence-corrected chi connectivity index (χ4v) is 2.73. The number of aromatic nitrogens is 2. The van der Waals surface area contributed by atoms with E-state index in [0.717, 1.165) is 11.4 Å². The van der Waals surface area contributed by atoms with Crippen molar-refractivity contribution >= 4 is 11.9 Å². The number of imidazole rings is 1. The number of rotatable bonds is 2. The maximum Gasteiger partial charge on any atom is 0.308 e. The minimum atomic E-state index is -0.818. The molecule has 0 radical (unpaired) electrons. The summed E-state index contributed by atoms with van der Waals surface area (Å²) >= 11 is 0. The summed E-state index contributed by atoms with van der Waals surface area (Å²) in [6.07, 6.45) is 2.74. The number of carbonyl (C=O) groups excluding carboxylic acids is 1. The first kappa shape index (κ1) is 12.2. The summed E-state index contributed by atoms with van der Waals surface area (Å²) < 4.78 is 0. The third kappa shape index (κ3) is 2.21. The van der Waals surface area contributed by atoms with E-state index in [9.17, 15) is 9.59 Å². The Balaban J connectivity index is 1.65. The molecule has 2 unspecified atom stereocenters. The highest BCUT2D eigenvalue weighted by Crippen LogP contribution is 2.20. The van der Waals surface area contributed by atoms with Crippen LogP contribution in [-0.4, -0.2) is 51.0 Å². The monoisotopic (exact) mass is 264 g/mol. The second kappa shape index (κ2) is 4.65. The zero-order valence-corrected chi connectivity index (χ0v) is 10.4. The normalized spacial score (nSPS) is 26.2. The molecule has 3 N–H and O–H groups in total. The van der Waals surface area contributed by atoms with Gasteiger partial charge < -0.3 is 15.0 Å². The predicted molar refractivity (Wildman–Crippen MR) is 65.2 cm³/mol. The fraction of sp³-hybridized carbons (Fsp3) is 0.583. The summed E-state index contributed by atoms with van der Waals surface area (Å²) in [5.41, 5.74) is 1.94. The Hall–Kier alpha value is -1.89. The van der Waals surface area contributed by atoms with E-state index in [-0.39, 0.29) is 11.9 Å². The highest BCUT2D eigenvalue weighted by atomic mass is 16.4. The second-order valence-electron chi connectivity index (χ2n) is 5.07. The van der Waals surface area contributed by atoms with Gasteiger partial charge in [0.05, 0.1) is 29.7 Å². The van der Waals surface area contributed by atoms with E-state index in [0.29, 0.717) is 32.5 Å². The molecule has 2 aliphatic heterocycles. The number of carboxylic acid groups (broad SMARTS) is 1. The summed E-state index contributed by atoms with van der Waals surface area (Å²) in [6, 6.07) is -0.289. The van der Waals surface area contributed by atoms with E-state index in [1.807, 2.05) is 0 Å². The molecule has 0 bridgehead atoms. The molecule has 0 aromatic carbocycles. The third-order valence-electron chi connectivity index (χ3n) is 3.88. The lowest BCUT2D eigenvalue weighted by Gasteiger charge is -2.26. The molecule has 3 heterocycles. The zero-order chi connectivity index (χ0) is 13.4. The third-order valence-corrected chi connectivity index (χ3v) is 3.88. The van der Waals surface area contributed by atoms with Crippen molar-refractivity contribution in [3.05, 3.63) is 17.7 Å². The van der Waals surface area contributed by atoms with Crippen LogP contribution in [0.3, 0.4) is 0 Å². The van der Waals surface area contributed by atoms with Crippen LogP contribution >= 0.6 is 0 Å². The number of amides is 1. The van der Waals surface area contributed by atoms with Gasteiger partial charge in [0.15, 0.2) is 0 Å². The molecule has 3 rings (SSSR count). The van der Waals surface area contributed by atoms with Gasteiger partial charge >= 0.3 is 5.97 Å². The number of hydrogen-bond acceptors (Lipinski definition) is 4. The van der Waals surface area contributed by atoms with Gasteiger partial charge in [-0.3, -0.25) is 14.9 Å². The molecular weight excluding hydrogens is 248 g/mol. The second-order valence-corrected chi connectivity index (χ2v) is 5.07. The van der Waals surface area contributed by atoms with Crippen LogP contribution in [0.15, 0.2) is 6.33 Å². The first-order chi connectivity index (χ1) is 9.15. The molecule has 0 saturated carbocycles. The molecule has 2 atom stereocenters. The molecule has 102 valence electrons. The van der Waals surface area contributed by atoms with Crippen LogP contribution in [0.25, 0.3) is 0 Å². The quantitative estimate of drug-likeness (QED) is 0.660. The number of likely N-dealkylation sites (tertiary alicyclic amines) is 1. The van der Waals surface area contributed by atoms with Gasteiger partial charge in [0.2, 0.25) is 5.91 Å². The average molecular weight is 264 g/mol. The molecule has 19 heavy (non-hydrogen) atoms. The summed E-state index contributed by atoms with van der Waals surface area (Å²) in [7, 11) is 0. The maximum atomic E-state index is 12.3. The number of carbonyl (C=O) groups is 2. The maximum absolute atomic E-state index is 12.3. The van der Waals surface area contributed by atoms with Crippen molar-refractivity contribution in [2.75, 3.05) is 13.1 Å². The minimum Gasteiger partial charge on any atom is -0.481 e. The summed E-state index contributed by atoms with van der Waals surface area (Å²) in [4.78, 5) is 32.1. The van der Waals surface area contributed by atoms with Crippen molar-refractivity contribution in [1.82, 2.24) is 20.2 Å². The number of aromatic amines is 1. The molecule has 0 spiro atoms. The van der Waals surface area contributed by atoms with E-state index >= 15 is 0 Å². The Kier molecular flexibility index (Phi) is 2.98. The molecule has 1 aromatic rings. The van der Waals surface area contributed by atoms with Crippen LogP contribution in [0.1, 0.15) is 17.8 Å². The number of carboxylic acids is 1. The lowest BCUT2D eigenvalue weighted by Crippen LogP contribution is -2.49. The first-order valence-electron chi connectivity index (χ1n) is 6.41. The number of H-pyrrole nitrogens is 1. The number of nitrogens with zero attached hydrogens (tertiary/aromatic N) is 2. The molecule has 1 aromatic heterocycles. The standard InChI is InChI=1S/C12H16N4O3/c17-11(16-2-1-7(5-16)12(18)19)9-3-8-10(4-13-9)15-6-14-8/h6-7,9,13H,1-5H2,(H,14,15)(H,18,19). The number of fused-ring (bicyclic) bond motifs is 1. The highest BCUT2D eigenvalue weighted by Gasteiger charge is 2.35. The Morgan fingerprint density at radius 3 is 3.05 bits per heavy atom. The Morgan fingerprint density at radius 1 is 1.47 bits per heavy atom. The van der Waals surface area contributed by atoms with Crippen molar-refractivity contribution in [2.45, 2.75) is 25.4 Å². The number of nitrogens with one attached hydrogen (secondary N) is 2. The smallest absolute Gasteiger partial charge is 0.308 e. The molecule has 1 saturated heterocycles. The van der Waals surface area contributed by atoms with Gasteiger partial charge in [0, 0.05) is 26.1 Å². The molecule has 2 aliphatic rings. The van der Waals surface area contributed by atoms with Gasteiger partial charge in [-0.05, 0) is 6.42 Å². The summed E-state index contributed by atoms with van der Waals surface area (Å²) in [6.45, 7) is 1.45. The topological polar surface area (TPSA) is 98.3 Å². The highest BCUT2D eigenvalue weighted by molar-refractivity contribution is 5.83. The van der Waals surface area contributed by atoms with E-state index in [1.165, 1.54) is 0 Å². The van der Waals surface area contributed by atoms with Crippen LogP contribution in [0.4, 0.5) is 0 Å². The van der Waals surface area contributed by atoms with E-state index in [2.05, 4.69) is 15.3 Å². The number of aliphatic carboxylic acids is 1. The van der Waals surface area contributed by atoms with E-state index < -0.39 is 11.9 Å². The lowest BCUT2D eigenvalue weighted by atomic mass is 10.0. The largest absolute Gasteiger partial charge is 0.481 e. The van der Waals surface area contributed by atoms with Crippen molar-refractivity contribution in [2.24, 2.45) is 5.92 Å². The van der Waals surface area contributed by atoms with E-state index in [4.69, 9.17) is 5.11 Å². The lowest BCUT2D eigenvalue weighted by molar-refractivity contribution is -0.141. The Bertz CT molecular complexity index is 513. The number of hydrogen-bond donors (Lipinski definition) is 3. The zero-order valence-electron chi connectivity index (χ0n) is 10.4. The SMILES string of the molecule is O=C(O)C1CCN(C(=O)C2Cc3nc[nH]c3CN2)C1. The first-order valence-corrected chi connectivity index (χ1v) is 6.41. The summed E-state index contributed by atoms with van der Waals surface area (Å²) in [5, 5.41) is 12.1. The van der Waals surface area contributed by atoms with Crippen LogP contribution in [0.2, 0.25) is 0 Å². The van der Waals surface area contributed by atoms with Gasteiger partial charge in [-0.1, -0.05) is 0 Å². The van der Waals surface area contributed by atoms with Gasteiger partial charge in [0.1, 0.15) is 0 Å². The Morgan fingerprint density at radius 2 is 2.32 bits per heavy atom. The van der Waals surface area contributed by atoms with Crippen LogP contribution in [-0.2, 0) is 22.6 Å². The van der Waals surface area contributed by atoms with E-state index in [1.54, 1.807) is 11.2 Å². The van der Waals surface area contributed by atoms with Gasteiger partial charge in [-0.25, -0.2) is 4.98 Å². The van der Waals surface area contributed by atoms with Gasteiger partial charge in [0.25, 0.3) is 0 Å². The average Bonchev–Trinajstić information content (AvgIpc) is 3.06. The molecule has 0 aliphatic carbocycles. The molecule has 1 fully saturated rings.